The fourth-order valence-corrected chi connectivity index (χ4v) is 3.31. The molecule has 0 saturated carbocycles. The highest BCUT2D eigenvalue weighted by Gasteiger charge is 2.11. The van der Waals surface area contributed by atoms with E-state index in [1.807, 2.05) is 31.3 Å². The summed E-state index contributed by atoms with van der Waals surface area (Å²) in [5.74, 6) is 1.39. The van der Waals surface area contributed by atoms with Gasteiger partial charge in [0, 0.05) is 18.5 Å². The number of hydrogen-bond acceptors (Lipinski definition) is 3. The molecule has 0 N–H and O–H groups in total. The first kappa shape index (κ1) is 17.4. The lowest BCUT2D eigenvalue weighted by Gasteiger charge is -2.18. The molecule has 0 unspecified atom stereocenters. The maximum Gasteiger partial charge on any atom is 0.232 e. The van der Waals surface area contributed by atoms with Crippen molar-refractivity contribution in [2.75, 3.05) is 19.9 Å². The van der Waals surface area contributed by atoms with E-state index in [0.29, 0.717) is 12.3 Å². The molecule has 122 valence electrons. The van der Waals surface area contributed by atoms with Crippen LogP contribution in [-0.2, 0) is 11.3 Å². The van der Waals surface area contributed by atoms with E-state index in [-0.39, 0.29) is 5.91 Å². The van der Waals surface area contributed by atoms with Crippen LogP contribution < -0.4 is 4.74 Å². The second kappa shape index (κ2) is 8.06. The van der Waals surface area contributed by atoms with E-state index >= 15 is 0 Å². The van der Waals surface area contributed by atoms with Gasteiger partial charge < -0.3 is 9.64 Å². The minimum atomic E-state index is 0.124. The van der Waals surface area contributed by atoms with Crippen LogP contribution in [-0.4, -0.2) is 30.7 Å². The third-order valence-corrected chi connectivity index (χ3v) is 4.82. The van der Waals surface area contributed by atoms with Gasteiger partial charge in [0.2, 0.25) is 5.91 Å². The maximum absolute atomic E-state index is 12.3. The topological polar surface area (TPSA) is 29.5 Å². The number of nitrogens with zero attached hydrogens (tertiary/aromatic N) is 1. The largest absolute Gasteiger partial charge is 0.497 e. The first-order valence-corrected chi connectivity index (χ1v) is 8.55. The highest BCUT2D eigenvalue weighted by atomic mass is 32.2. The molecule has 0 aliphatic rings. The van der Waals surface area contributed by atoms with Gasteiger partial charge in [-0.15, -0.1) is 11.8 Å². The van der Waals surface area contributed by atoms with Crippen molar-refractivity contribution in [3.05, 3.63) is 59.2 Å². The summed E-state index contributed by atoms with van der Waals surface area (Å²) in [6.07, 6.45) is 0. The lowest BCUT2D eigenvalue weighted by Crippen LogP contribution is -2.27. The number of hydrogen-bond donors (Lipinski definition) is 0. The van der Waals surface area contributed by atoms with Crippen LogP contribution in [0, 0.1) is 13.8 Å². The maximum atomic E-state index is 12.3. The molecular weight excluding hydrogens is 306 g/mol. The minimum Gasteiger partial charge on any atom is -0.497 e. The van der Waals surface area contributed by atoms with Crippen LogP contribution in [0.5, 0.6) is 5.75 Å². The lowest BCUT2D eigenvalue weighted by atomic mass is 10.2. The van der Waals surface area contributed by atoms with E-state index in [1.54, 1.807) is 23.8 Å². The van der Waals surface area contributed by atoms with Gasteiger partial charge in [-0.2, -0.15) is 0 Å². The van der Waals surface area contributed by atoms with Crippen molar-refractivity contribution >= 4 is 17.7 Å². The molecular formula is C19H23NO2S. The van der Waals surface area contributed by atoms with Gasteiger partial charge in [-0.05, 0) is 43.2 Å². The van der Waals surface area contributed by atoms with Crippen LogP contribution in [0.25, 0.3) is 0 Å². The Morgan fingerprint density at radius 1 is 1.17 bits per heavy atom. The Morgan fingerprint density at radius 3 is 2.70 bits per heavy atom. The monoisotopic (exact) mass is 329 g/mol. The van der Waals surface area contributed by atoms with Crippen molar-refractivity contribution < 1.29 is 9.53 Å². The van der Waals surface area contributed by atoms with Gasteiger partial charge in [0.05, 0.1) is 12.9 Å². The predicted molar refractivity (Wildman–Crippen MR) is 96.1 cm³/mol. The third-order valence-electron chi connectivity index (χ3n) is 3.67. The molecule has 0 atom stereocenters. The van der Waals surface area contributed by atoms with Crippen LogP contribution in [0.1, 0.15) is 16.7 Å². The molecule has 0 radical (unpaired) electrons. The van der Waals surface area contributed by atoms with Crippen LogP contribution >= 0.6 is 11.8 Å². The van der Waals surface area contributed by atoms with Gasteiger partial charge in [0.15, 0.2) is 0 Å². The van der Waals surface area contributed by atoms with Crippen molar-refractivity contribution in [2.45, 2.75) is 25.3 Å². The van der Waals surface area contributed by atoms with E-state index in [9.17, 15) is 4.79 Å². The number of benzene rings is 2. The molecule has 0 aliphatic heterocycles. The Labute approximate surface area is 142 Å². The molecule has 0 spiro atoms. The molecule has 23 heavy (non-hydrogen) atoms. The highest BCUT2D eigenvalue weighted by Crippen LogP contribution is 2.24. The summed E-state index contributed by atoms with van der Waals surface area (Å²) in [5.41, 5.74) is 3.50. The van der Waals surface area contributed by atoms with Crippen LogP contribution in [0.2, 0.25) is 0 Å². The summed E-state index contributed by atoms with van der Waals surface area (Å²) < 4.78 is 5.22. The van der Waals surface area contributed by atoms with E-state index in [2.05, 4.69) is 32.0 Å². The van der Waals surface area contributed by atoms with Gasteiger partial charge in [0.25, 0.3) is 0 Å². The first-order valence-electron chi connectivity index (χ1n) is 7.56. The molecule has 0 aliphatic carbocycles. The Hall–Kier alpha value is -1.94. The van der Waals surface area contributed by atoms with E-state index in [4.69, 9.17) is 4.74 Å². The standard InChI is InChI=1S/C19H23NO2S/c1-14-8-9-15(2)18(10-14)23-13-19(21)20(3)12-16-6-5-7-17(11-16)22-4/h5-11H,12-13H2,1-4H3. The van der Waals surface area contributed by atoms with E-state index < -0.39 is 0 Å². The number of carbonyl (C=O) groups excluding carboxylic acids is 1. The Balaban J connectivity index is 1.93. The van der Waals surface area contributed by atoms with Gasteiger partial charge in [-0.3, -0.25) is 4.79 Å². The van der Waals surface area contributed by atoms with Crippen molar-refractivity contribution in [3.8, 4) is 5.75 Å². The number of amides is 1. The third kappa shape index (κ3) is 5.03. The van der Waals surface area contributed by atoms with Gasteiger partial charge in [-0.1, -0.05) is 29.8 Å². The summed E-state index contributed by atoms with van der Waals surface area (Å²) in [5, 5.41) is 0. The van der Waals surface area contributed by atoms with Crippen LogP contribution in [0.4, 0.5) is 0 Å². The van der Waals surface area contributed by atoms with Crippen molar-refractivity contribution in [1.29, 1.82) is 0 Å². The highest BCUT2D eigenvalue weighted by molar-refractivity contribution is 8.00. The van der Waals surface area contributed by atoms with Crippen molar-refractivity contribution in [1.82, 2.24) is 4.90 Å². The number of thioether (sulfide) groups is 1. The number of rotatable bonds is 6. The molecule has 2 aromatic rings. The summed E-state index contributed by atoms with van der Waals surface area (Å²) in [4.78, 5) is 15.3. The quantitative estimate of drug-likeness (QED) is 0.749. The predicted octanol–water partition coefficient (Wildman–Crippen LogP) is 4.06. The van der Waals surface area contributed by atoms with Crippen LogP contribution in [0.15, 0.2) is 47.4 Å². The molecule has 4 heteroatoms. The molecule has 0 bridgehead atoms. The normalized spacial score (nSPS) is 10.4. The van der Waals surface area contributed by atoms with E-state index in [0.717, 1.165) is 11.3 Å². The smallest absolute Gasteiger partial charge is 0.232 e. The minimum absolute atomic E-state index is 0.124. The SMILES string of the molecule is COc1cccc(CN(C)C(=O)CSc2cc(C)ccc2C)c1. The zero-order chi connectivity index (χ0) is 16.8. The summed E-state index contributed by atoms with van der Waals surface area (Å²) in [6.45, 7) is 4.73. The van der Waals surface area contributed by atoms with Gasteiger partial charge >= 0.3 is 0 Å². The fourth-order valence-electron chi connectivity index (χ4n) is 2.25. The number of carbonyl (C=O) groups is 1. The van der Waals surface area contributed by atoms with Crippen molar-refractivity contribution in [2.24, 2.45) is 0 Å². The number of aryl methyl sites for hydroxylation is 2. The molecule has 2 rings (SSSR count). The Morgan fingerprint density at radius 2 is 1.96 bits per heavy atom. The number of ether oxygens (including phenoxy) is 1. The van der Waals surface area contributed by atoms with E-state index in [1.165, 1.54) is 16.0 Å². The van der Waals surface area contributed by atoms with Gasteiger partial charge in [0.1, 0.15) is 5.75 Å². The molecule has 0 aromatic heterocycles. The zero-order valence-electron chi connectivity index (χ0n) is 14.1. The second-order valence-corrected chi connectivity index (χ2v) is 6.68. The Bertz CT molecular complexity index is 685. The fraction of sp³-hybridized carbons (Fsp3) is 0.316. The average molecular weight is 329 g/mol. The molecule has 3 nitrogen and oxygen atoms in total. The molecule has 0 saturated heterocycles. The Kier molecular flexibility index (Phi) is 6.11. The average Bonchev–Trinajstić information content (AvgIpc) is 2.55. The summed E-state index contributed by atoms with van der Waals surface area (Å²) in [6, 6.07) is 14.1. The summed E-state index contributed by atoms with van der Waals surface area (Å²) in [7, 11) is 3.49. The molecule has 0 fully saturated rings. The molecule has 1 amide bonds. The zero-order valence-corrected chi connectivity index (χ0v) is 14.9. The van der Waals surface area contributed by atoms with Crippen LogP contribution in [0.3, 0.4) is 0 Å². The molecule has 2 aromatic carbocycles. The number of methoxy groups -OCH3 is 1. The van der Waals surface area contributed by atoms with Gasteiger partial charge in [-0.25, -0.2) is 0 Å². The molecule has 0 heterocycles. The lowest BCUT2D eigenvalue weighted by molar-refractivity contribution is -0.127. The summed E-state index contributed by atoms with van der Waals surface area (Å²) >= 11 is 1.60. The first-order chi connectivity index (χ1) is 11.0. The second-order valence-electron chi connectivity index (χ2n) is 5.66. The van der Waals surface area contributed by atoms with Crippen molar-refractivity contribution in [3.63, 3.8) is 0 Å².